The lowest BCUT2D eigenvalue weighted by atomic mass is 10.1. The first-order valence-corrected chi connectivity index (χ1v) is 5.79. The van der Waals surface area contributed by atoms with Gasteiger partial charge in [0.2, 0.25) is 0 Å². The third-order valence-corrected chi connectivity index (χ3v) is 2.72. The fraction of sp³-hybridized carbons (Fsp3) is 0.250. The van der Waals surface area contributed by atoms with Gasteiger partial charge in [-0.3, -0.25) is 5.10 Å². The van der Waals surface area contributed by atoms with Crippen LogP contribution in [0.15, 0.2) is 24.3 Å². The Kier molecular flexibility index (Phi) is 3.76. The minimum absolute atomic E-state index is 0.122. The molecule has 0 spiro atoms. The van der Waals surface area contributed by atoms with E-state index < -0.39 is 5.82 Å². The molecule has 2 rings (SSSR count). The Morgan fingerprint density at radius 2 is 2.24 bits per heavy atom. The van der Waals surface area contributed by atoms with Gasteiger partial charge in [0, 0.05) is 17.8 Å². The normalized spacial score (nSPS) is 10.8. The molecule has 17 heavy (non-hydrogen) atoms. The molecule has 0 radical (unpaired) electrons. The van der Waals surface area contributed by atoms with Gasteiger partial charge in [-0.25, -0.2) is 4.39 Å². The molecule has 0 fully saturated rings. The molecule has 2 N–H and O–H groups in total. The summed E-state index contributed by atoms with van der Waals surface area (Å²) in [4.78, 5) is 0. The van der Waals surface area contributed by atoms with Crippen LogP contribution in [0.3, 0.4) is 0 Å². The molecule has 1 heterocycles. The first-order valence-electron chi connectivity index (χ1n) is 5.41. The van der Waals surface area contributed by atoms with Gasteiger partial charge in [0.1, 0.15) is 5.82 Å². The summed E-state index contributed by atoms with van der Waals surface area (Å²) in [7, 11) is 0. The van der Waals surface area contributed by atoms with Crippen molar-refractivity contribution in [3.8, 4) is 11.3 Å². The molecule has 0 bridgehead atoms. The summed E-state index contributed by atoms with van der Waals surface area (Å²) in [6, 6.07) is 6.56. The SMILES string of the molecule is CCNCc1cc(-c2ccc(Cl)c(F)c2)n[nH]1. The predicted molar refractivity (Wildman–Crippen MR) is 66.4 cm³/mol. The molecule has 5 heteroatoms. The van der Waals surface area contributed by atoms with Gasteiger partial charge in [-0.05, 0) is 24.7 Å². The zero-order valence-electron chi connectivity index (χ0n) is 9.43. The third-order valence-electron chi connectivity index (χ3n) is 2.41. The Labute approximate surface area is 104 Å². The lowest BCUT2D eigenvalue weighted by molar-refractivity contribution is 0.628. The third kappa shape index (κ3) is 2.84. The Morgan fingerprint density at radius 1 is 1.41 bits per heavy atom. The number of aromatic amines is 1. The van der Waals surface area contributed by atoms with E-state index in [4.69, 9.17) is 11.6 Å². The molecule has 3 nitrogen and oxygen atoms in total. The van der Waals surface area contributed by atoms with E-state index in [9.17, 15) is 4.39 Å². The second-order valence-electron chi connectivity index (χ2n) is 3.69. The van der Waals surface area contributed by atoms with Crippen LogP contribution in [0.5, 0.6) is 0 Å². The van der Waals surface area contributed by atoms with Gasteiger partial charge in [-0.15, -0.1) is 0 Å². The smallest absolute Gasteiger partial charge is 0.142 e. The van der Waals surface area contributed by atoms with Gasteiger partial charge in [0.25, 0.3) is 0 Å². The number of nitrogens with one attached hydrogen (secondary N) is 2. The van der Waals surface area contributed by atoms with Crippen LogP contribution < -0.4 is 5.32 Å². The van der Waals surface area contributed by atoms with Crippen LogP contribution >= 0.6 is 11.6 Å². The highest BCUT2D eigenvalue weighted by molar-refractivity contribution is 6.30. The molecule has 0 amide bonds. The van der Waals surface area contributed by atoms with Crippen molar-refractivity contribution in [3.05, 3.63) is 40.8 Å². The number of rotatable bonds is 4. The fourth-order valence-electron chi connectivity index (χ4n) is 1.52. The van der Waals surface area contributed by atoms with Crippen molar-refractivity contribution >= 4 is 11.6 Å². The molecule has 0 saturated heterocycles. The second-order valence-corrected chi connectivity index (χ2v) is 4.09. The number of benzene rings is 1. The van der Waals surface area contributed by atoms with Crippen LogP contribution in [-0.4, -0.2) is 16.7 Å². The maximum atomic E-state index is 13.3. The molecule has 0 unspecified atom stereocenters. The molecule has 0 aliphatic rings. The number of hydrogen-bond acceptors (Lipinski definition) is 2. The van der Waals surface area contributed by atoms with E-state index >= 15 is 0 Å². The summed E-state index contributed by atoms with van der Waals surface area (Å²) in [5.41, 5.74) is 2.40. The van der Waals surface area contributed by atoms with Crippen LogP contribution in [0, 0.1) is 5.82 Å². The van der Waals surface area contributed by atoms with E-state index in [0.29, 0.717) is 11.3 Å². The Bertz CT molecular complexity index is 510. The standard InChI is InChI=1S/C12H13ClFN3/c1-2-15-7-9-6-12(17-16-9)8-3-4-10(13)11(14)5-8/h3-6,15H,2,7H2,1H3,(H,16,17). The van der Waals surface area contributed by atoms with Crippen LogP contribution in [0.25, 0.3) is 11.3 Å². The topological polar surface area (TPSA) is 40.7 Å². The molecule has 0 aliphatic heterocycles. The average molecular weight is 254 g/mol. The van der Waals surface area contributed by atoms with Gasteiger partial charge in [-0.1, -0.05) is 24.6 Å². The van der Waals surface area contributed by atoms with Crippen molar-refractivity contribution in [2.75, 3.05) is 6.54 Å². The number of hydrogen-bond donors (Lipinski definition) is 2. The van der Waals surface area contributed by atoms with Crippen molar-refractivity contribution < 1.29 is 4.39 Å². The molecular formula is C12H13ClFN3. The fourth-order valence-corrected chi connectivity index (χ4v) is 1.63. The maximum absolute atomic E-state index is 13.3. The number of H-pyrrole nitrogens is 1. The minimum Gasteiger partial charge on any atom is -0.311 e. The van der Waals surface area contributed by atoms with E-state index in [1.807, 2.05) is 13.0 Å². The van der Waals surface area contributed by atoms with E-state index in [-0.39, 0.29) is 5.02 Å². The zero-order valence-corrected chi connectivity index (χ0v) is 10.2. The highest BCUT2D eigenvalue weighted by Crippen LogP contribution is 2.23. The summed E-state index contributed by atoms with van der Waals surface area (Å²) in [5.74, 6) is -0.430. The Morgan fingerprint density at radius 3 is 2.94 bits per heavy atom. The van der Waals surface area contributed by atoms with E-state index in [2.05, 4.69) is 15.5 Å². The molecule has 2 aromatic rings. The molecular weight excluding hydrogens is 241 g/mol. The van der Waals surface area contributed by atoms with E-state index in [1.165, 1.54) is 12.1 Å². The summed E-state index contributed by atoms with van der Waals surface area (Å²) in [6.45, 7) is 3.65. The van der Waals surface area contributed by atoms with Gasteiger partial charge >= 0.3 is 0 Å². The highest BCUT2D eigenvalue weighted by atomic mass is 35.5. The molecule has 0 atom stereocenters. The van der Waals surface area contributed by atoms with Gasteiger partial charge in [0.05, 0.1) is 10.7 Å². The average Bonchev–Trinajstić information content (AvgIpc) is 2.79. The highest BCUT2D eigenvalue weighted by Gasteiger charge is 2.06. The zero-order chi connectivity index (χ0) is 12.3. The number of aromatic nitrogens is 2. The Balaban J connectivity index is 2.21. The predicted octanol–water partition coefficient (Wildman–Crippen LogP) is 2.98. The van der Waals surface area contributed by atoms with Gasteiger partial charge < -0.3 is 5.32 Å². The quantitative estimate of drug-likeness (QED) is 0.880. The van der Waals surface area contributed by atoms with Crippen molar-refractivity contribution in [3.63, 3.8) is 0 Å². The minimum atomic E-state index is -0.430. The first kappa shape index (κ1) is 12.1. The molecule has 1 aromatic carbocycles. The lowest BCUT2D eigenvalue weighted by Crippen LogP contribution is -2.11. The number of nitrogens with zero attached hydrogens (tertiary/aromatic N) is 1. The molecule has 1 aromatic heterocycles. The molecule has 90 valence electrons. The summed E-state index contributed by atoms with van der Waals surface area (Å²) in [5, 5.41) is 10.3. The monoisotopic (exact) mass is 253 g/mol. The second kappa shape index (κ2) is 5.29. The number of halogens is 2. The Hall–Kier alpha value is -1.39. The summed E-state index contributed by atoms with van der Waals surface area (Å²) < 4.78 is 13.3. The van der Waals surface area contributed by atoms with Crippen molar-refractivity contribution in [1.82, 2.24) is 15.5 Å². The molecule has 0 saturated carbocycles. The first-order chi connectivity index (χ1) is 8.20. The van der Waals surface area contributed by atoms with Crippen molar-refractivity contribution in [2.24, 2.45) is 0 Å². The molecule has 0 aliphatic carbocycles. The van der Waals surface area contributed by atoms with Crippen LogP contribution in [0.4, 0.5) is 4.39 Å². The van der Waals surface area contributed by atoms with Crippen LogP contribution in [0.2, 0.25) is 5.02 Å². The largest absolute Gasteiger partial charge is 0.311 e. The van der Waals surface area contributed by atoms with Gasteiger partial charge in [-0.2, -0.15) is 5.10 Å². The maximum Gasteiger partial charge on any atom is 0.142 e. The van der Waals surface area contributed by atoms with Crippen molar-refractivity contribution in [2.45, 2.75) is 13.5 Å². The van der Waals surface area contributed by atoms with E-state index in [1.54, 1.807) is 6.07 Å². The van der Waals surface area contributed by atoms with Crippen LogP contribution in [0.1, 0.15) is 12.6 Å². The van der Waals surface area contributed by atoms with E-state index in [0.717, 1.165) is 18.8 Å². The lowest BCUT2D eigenvalue weighted by Gasteiger charge is -1.98. The van der Waals surface area contributed by atoms with Crippen molar-refractivity contribution in [1.29, 1.82) is 0 Å². The summed E-state index contributed by atoms with van der Waals surface area (Å²) in [6.07, 6.45) is 0. The van der Waals surface area contributed by atoms with Crippen LogP contribution in [-0.2, 0) is 6.54 Å². The van der Waals surface area contributed by atoms with Gasteiger partial charge in [0.15, 0.2) is 0 Å². The summed E-state index contributed by atoms with van der Waals surface area (Å²) >= 11 is 5.63.